The molecule has 0 spiro atoms. The van der Waals surface area contributed by atoms with Crippen molar-refractivity contribution in [1.29, 1.82) is 0 Å². The molecule has 144 valence electrons. The van der Waals surface area contributed by atoms with Crippen molar-refractivity contribution in [3.8, 4) is 0 Å². The Balaban J connectivity index is 1.73. The Bertz CT molecular complexity index is 946. The van der Waals surface area contributed by atoms with Crippen LogP contribution in [0.15, 0.2) is 47.9 Å². The normalized spacial score (nSPS) is 16.0. The number of sulfonamides is 1. The van der Waals surface area contributed by atoms with E-state index in [0.717, 1.165) is 11.3 Å². The van der Waals surface area contributed by atoms with E-state index in [4.69, 9.17) is 5.21 Å². The fourth-order valence-electron chi connectivity index (χ4n) is 2.94. The van der Waals surface area contributed by atoms with Gasteiger partial charge in [-0.2, -0.15) is 4.31 Å². The highest BCUT2D eigenvalue weighted by atomic mass is 32.2. The van der Waals surface area contributed by atoms with E-state index in [-0.39, 0.29) is 5.03 Å². The Kier molecular flexibility index (Phi) is 5.59. The maximum atomic E-state index is 12.7. The molecule has 10 heteroatoms. The van der Waals surface area contributed by atoms with Gasteiger partial charge in [-0.1, -0.05) is 18.2 Å². The third-order valence-corrected chi connectivity index (χ3v) is 6.11. The molecular weight excluding hydrogens is 370 g/mol. The molecule has 1 aromatic carbocycles. The van der Waals surface area contributed by atoms with Gasteiger partial charge in [-0.05, 0) is 17.7 Å². The number of rotatable bonds is 5. The van der Waals surface area contributed by atoms with Gasteiger partial charge in [0.1, 0.15) is 0 Å². The minimum absolute atomic E-state index is 0.0526. The lowest BCUT2D eigenvalue weighted by Gasteiger charge is -2.35. The van der Waals surface area contributed by atoms with Crippen molar-refractivity contribution in [2.45, 2.75) is 5.03 Å². The van der Waals surface area contributed by atoms with Crippen molar-refractivity contribution in [3.63, 3.8) is 0 Å². The third-order valence-electron chi connectivity index (χ3n) is 4.33. The Morgan fingerprint density at radius 1 is 1.22 bits per heavy atom. The number of carbonyl (C=O) groups is 1. The zero-order valence-corrected chi connectivity index (χ0v) is 15.6. The summed E-state index contributed by atoms with van der Waals surface area (Å²) in [4.78, 5) is 17.2. The van der Waals surface area contributed by atoms with E-state index in [1.54, 1.807) is 23.2 Å². The molecule has 1 saturated heterocycles. The molecule has 3 rings (SSSR count). The van der Waals surface area contributed by atoms with Crippen molar-refractivity contribution in [1.82, 2.24) is 19.3 Å². The summed E-state index contributed by atoms with van der Waals surface area (Å²) in [6.07, 6.45) is 5.81. The Hall–Kier alpha value is -2.69. The monoisotopic (exact) mass is 391 g/mol. The molecule has 2 aromatic rings. The van der Waals surface area contributed by atoms with Crippen molar-refractivity contribution in [2.75, 3.05) is 31.1 Å². The Morgan fingerprint density at radius 2 is 1.93 bits per heavy atom. The number of amides is 1. The number of para-hydroxylation sites is 1. The molecule has 0 bridgehead atoms. The molecule has 1 fully saturated rings. The van der Waals surface area contributed by atoms with Gasteiger partial charge in [0, 0.05) is 51.2 Å². The number of piperazine rings is 1. The summed E-state index contributed by atoms with van der Waals surface area (Å²) in [5, 5.41) is 8.65. The predicted octanol–water partition coefficient (Wildman–Crippen LogP) is 0.450. The molecule has 0 atom stereocenters. The van der Waals surface area contributed by atoms with Crippen LogP contribution < -0.4 is 10.4 Å². The molecule has 1 amide bonds. The Labute approximate surface area is 157 Å². The van der Waals surface area contributed by atoms with E-state index in [0.29, 0.717) is 26.2 Å². The molecule has 0 radical (unpaired) electrons. The number of aryl methyl sites for hydroxylation is 1. The largest absolute Gasteiger partial charge is 0.368 e. The first kappa shape index (κ1) is 19.1. The lowest BCUT2D eigenvalue weighted by Crippen LogP contribution is -2.48. The van der Waals surface area contributed by atoms with E-state index in [1.165, 1.54) is 22.9 Å². The van der Waals surface area contributed by atoms with Crippen molar-refractivity contribution in [3.05, 3.63) is 48.4 Å². The fourth-order valence-corrected chi connectivity index (χ4v) is 4.33. The topological polar surface area (TPSA) is 108 Å². The number of hydrogen-bond donors (Lipinski definition) is 2. The number of nitrogens with zero attached hydrogens (tertiary/aromatic N) is 4. The first-order chi connectivity index (χ1) is 12.9. The maximum absolute atomic E-state index is 12.7. The molecular formula is C17H21N5O4S. The SMILES string of the molecule is Cn1cnc(S(=O)(=O)N2CCN(c3ccccc3/C=C/C(=O)NO)CC2)c1. The molecule has 0 aliphatic carbocycles. The number of hydrogen-bond acceptors (Lipinski definition) is 6. The number of anilines is 1. The van der Waals surface area contributed by atoms with E-state index in [9.17, 15) is 13.2 Å². The van der Waals surface area contributed by atoms with Crippen LogP contribution in [0, 0.1) is 0 Å². The molecule has 27 heavy (non-hydrogen) atoms. The van der Waals surface area contributed by atoms with Gasteiger partial charge in [-0.15, -0.1) is 0 Å². The zero-order chi connectivity index (χ0) is 19.4. The van der Waals surface area contributed by atoms with Gasteiger partial charge < -0.3 is 9.47 Å². The summed E-state index contributed by atoms with van der Waals surface area (Å²) in [7, 11) is -1.87. The van der Waals surface area contributed by atoms with Gasteiger partial charge in [0.25, 0.3) is 15.9 Å². The van der Waals surface area contributed by atoms with Crippen LogP contribution in [0.2, 0.25) is 0 Å². The molecule has 2 heterocycles. The second kappa shape index (κ2) is 7.91. The van der Waals surface area contributed by atoms with Crippen LogP contribution in [0.3, 0.4) is 0 Å². The lowest BCUT2D eigenvalue weighted by molar-refractivity contribution is -0.124. The van der Waals surface area contributed by atoms with Gasteiger partial charge in [0.2, 0.25) is 0 Å². The molecule has 0 saturated carbocycles. The summed E-state index contributed by atoms with van der Waals surface area (Å²) >= 11 is 0. The minimum Gasteiger partial charge on any atom is -0.368 e. The van der Waals surface area contributed by atoms with Gasteiger partial charge >= 0.3 is 0 Å². The van der Waals surface area contributed by atoms with E-state index in [2.05, 4.69) is 9.88 Å². The van der Waals surface area contributed by atoms with Crippen LogP contribution in [0.25, 0.3) is 6.08 Å². The van der Waals surface area contributed by atoms with Gasteiger partial charge in [-0.25, -0.2) is 18.9 Å². The van der Waals surface area contributed by atoms with Crippen LogP contribution in [0.4, 0.5) is 5.69 Å². The first-order valence-corrected chi connectivity index (χ1v) is 9.80. The summed E-state index contributed by atoms with van der Waals surface area (Å²) in [5.41, 5.74) is 3.26. The van der Waals surface area contributed by atoms with Gasteiger partial charge in [0.15, 0.2) is 5.03 Å². The second-order valence-corrected chi connectivity index (χ2v) is 8.02. The highest BCUT2D eigenvalue weighted by molar-refractivity contribution is 7.89. The first-order valence-electron chi connectivity index (χ1n) is 8.36. The highest BCUT2D eigenvalue weighted by Crippen LogP contribution is 2.24. The molecule has 0 unspecified atom stereocenters. The molecule has 2 N–H and O–H groups in total. The predicted molar refractivity (Wildman–Crippen MR) is 99.6 cm³/mol. The van der Waals surface area contributed by atoms with Crippen molar-refractivity contribution >= 4 is 27.7 Å². The summed E-state index contributed by atoms with van der Waals surface area (Å²) in [6.45, 7) is 1.72. The summed E-state index contributed by atoms with van der Waals surface area (Å²) in [6, 6.07) is 7.50. The summed E-state index contributed by atoms with van der Waals surface area (Å²) in [5.74, 6) is -0.615. The smallest absolute Gasteiger partial charge is 0.267 e. The average Bonchev–Trinajstić information content (AvgIpc) is 3.13. The number of imidazole rings is 1. The van der Waals surface area contributed by atoms with E-state index >= 15 is 0 Å². The van der Waals surface area contributed by atoms with Crippen LogP contribution in [0.5, 0.6) is 0 Å². The molecule has 1 aromatic heterocycles. The Morgan fingerprint density at radius 3 is 2.56 bits per heavy atom. The molecule has 1 aliphatic rings. The van der Waals surface area contributed by atoms with Crippen LogP contribution in [-0.4, -0.2) is 59.6 Å². The molecule has 9 nitrogen and oxygen atoms in total. The zero-order valence-electron chi connectivity index (χ0n) is 14.8. The fraction of sp³-hybridized carbons (Fsp3) is 0.294. The van der Waals surface area contributed by atoms with Crippen molar-refractivity contribution in [2.24, 2.45) is 7.05 Å². The number of nitrogens with one attached hydrogen (secondary N) is 1. The van der Waals surface area contributed by atoms with Crippen LogP contribution in [0.1, 0.15) is 5.56 Å². The van der Waals surface area contributed by atoms with Gasteiger partial charge in [0.05, 0.1) is 6.33 Å². The standard InChI is InChI=1S/C17H21N5O4S/c1-20-12-17(18-13-20)27(25,26)22-10-8-21(9-11-22)15-5-3-2-4-14(15)6-7-16(23)19-24/h2-7,12-13,24H,8-11H2,1H3,(H,19,23)/b7-6+. The lowest BCUT2D eigenvalue weighted by atomic mass is 10.1. The van der Waals surface area contributed by atoms with Crippen LogP contribution >= 0.6 is 0 Å². The maximum Gasteiger partial charge on any atom is 0.267 e. The average molecular weight is 391 g/mol. The minimum atomic E-state index is -3.60. The van der Waals surface area contributed by atoms with Gasteiger partial charge in [-0.3, -0.25) is 10.0 Å². The van der Waals surface area contributed by atoms with E-state index < -0.39 is 15.9 Å². The van der Waals surface area contributed by atoms with Crippen LogP contribution in [-0.2, 0) is 21.9 Å². The number of benzene rings is 1. The number of carbonyl (C=O) groups excluding carboxylic acids is 1. The highest BCUT2D eigenvalue weighted by Gasteiger charge is 2.30. The van der Waals surface area contributed by atoms with E-state index in [1.807, 2.05) is 24.3 Å². The second-order valence-electron chi connectivity index (χ2n) is 6.14. The number of aromatic nitrogens is 2. The quantitative estimate of drug-likeness (QED) is 0.435. The summed E-state index contributed by atoms with van der Waals surface area (Å²) < 4.78 is 28.4. The molecule has 1 aliphatic heterocycles. The number of hydroxylamine groups is 1. The third kappa shape index (κ3) is 4.18. The van der Waals surface area contributed by atoms with Crippen molar-refractivity contribution < 1.29 is 18.4 Å².